The summed E-state index contributed by atoms with van der Waals surface area (Å²) in [6.07, 6.45) is 1.70. The van der Waals surface area contributed by atoms with Crippen molar-refractivity contribution in [3.63, 3.8) is 0 Å². The van der Waals surface area contributed by atoms with E-state index in [4.69, 9.17) is 0 Å². The third-order valence-electron chi connectivity index (χ3n) is 3.87. The van der Waals surface area contributed by atoms with Crippen LogP contribution in [0.5, 0.6) is 5.75 Å². The van der Waals surface area contributed by atoms with Gasteiger partial charge in [0.2, 0.25) is 0 Å². The molecular formula is C19H18N2O2S. The van der Waals surface area contributed by atoms with Gasteiger partial charge >= 0.3 is 0 Å². The molecule has 3 rings (SSSR count). The minimum atomic E-state index is -0.117. The van der Waals surface area contributed by atoms with Gasteiger partial charge in [0.25, 0.3) is 5.91 Å². The summed E-state index contributed by atoms with van der Waals surface area (Å²) < 4.78 is 0. The third kappa shape index (κ3) is 3.08. The highest BCUT2D eigenvalue weighted by Gasteiger charge is 2.30. The average molecular weight is 338 g/mol. The molecule has 1 saturated heterocycles. The van der Waals surface area contributed by atoms with Gasteiger partial charge in [0.1, 0.15) is 5.75 Å². The van der Waals surface area contributed by atoms with Gasteiger partial charge < -0.3 is 5.11 Å². The van der Waals surface area contributed by atoms with Gasteiger partial charge in [0, 0.05) is 12.6 Å². The number of aliphatic imine (C=N–C) groups is 1. The lowest BCUT2D eigenvalue weighted by atomic mass is 10.1. The zero-order valence-electron chi connectivity index (χ0n) is 13.8. The Kier molecular flexibility index (Phi) is 4.44. The van der Waals surface area contributed by atoms with Crippen LogP contribution in [0.3, 0.4) is 0 Å². The Bertz CT molecular complexity index is 851. The summed E-state index contributed by atoms with van der Waals surface area (Å²) in [6.45, 7) is 4.01. The molecule has 2 aromatic carbocycles. The van der Waals surface area contributed by atoms with E-state index in [0.717, 1.165) is 16.8 Å². The first-order chi connectivity index (χ1) is 11.5. The number of phenolic OH excluding ortho intramolecular Hbond substituents is 1. The van der Waals surface area contributed by atoms with Gasteiger partial charge in [-0.25, -0.2) is 4.99 Å². The summed E-state index contributed by atoms with van der Waals surface area (Å²) >= 11 is 1.32. The normalized spacial score (nSPS) is 18.0. The summed E-state index contributed by atoms with van der Waals surface area (Å²) in [5.74, 6) is 0.0365. The fourth-order valence-corrected chi connectivity index (χ4v) is 3.44. The second-order valence-electron chi connectivity index (χ2n) is 5.67. The fraction of sp³-hybridized carbons (Fsp3) is 0.158. The molecule has 4 nitrogen and oxygen atoms in total. The predicted molar refractivity (Wildman–Crippen MR) is 99.5 cm³/mol. The summed E-state index contributed by atoms with van der Waals surface area (Å²) in [7, 11) is 1.72. The van der Waals surface area contributed by atoms with Crippen molar-refractivity contribution in [2.45, 2.75) is 13.8 Å². The van der Waals surface area contributed by atoms with E-state index in [-0.39, 0.29) is 11.7 Å². The molecule has 1 amide bonds. The highest BCUT2D eigenvalue weighted by molar-refractivity contribution is 8.18. The Labute approximate surface area is 145 Å². The van der Waals surface area contributed by atoms with E-state index < -0.39 is 0 Å². The maximum absolute atomic E-state index is 12.5. The second-order valence-corrected chi connectivity index (χ2v) is 6.68. The van der Waals surface area contributed by atoms with Gasteiger partial charge in [-0.1, -0.05) is 36.4 Å². The smallest absolute Gasteiger partial charge is 0.266 e. The number of phenols is 1. The van der Waals surface area contributed by atoms with Gasteiger partial charge in [-0.3, -0.25) is 9.69 Å². The summed E-state index contributed by atoms with van der Waals surface area (Å²) in [5, 5.41) is 10.5. The highest BCUT2D eigenvalue weighted by Crippen LogP contribution is 2.35. The Morgan fingerprint density at radius 3 is 2.42 bits per heavy atom. The monoisotopic (exact) mass is 338 g/mol. The van der Waals surface area contributed by atoms with Crippen LogP contribution >= 0.6 is 11.8 Å². The molecule has 0 unspecified atom stereocenters. The number of hydrogen-bond acceptors (Lipinski definition) is 4. The van der Waals surface area contributed by atoms with Gasteiger partial charge in [-0.15, -0.1) is 0 Å². The number of benzene rings is 2. The molecule has 0 atom stereocenters. The van der Waals surface area contributed by atoms with Crippen LogP contribution in [0.15, 0.2) is 52.4 Å². The zero-order valence-corrected chi connectivity index (χ0v) is 14.6. The van der Waals surface area contributed by atoms with Crippen molar-refractivity contribution >= 4 is 34.6 Å². The predicted octanol–water partition coefficient (Wildman–Crippen LogP) is 4.24. The van der Waals surface area contributed by atoms with E-state index >= 15 is 0 Å². The minimum absolute atomic E-state index is 0.117. The maximum atomic E-state index is 12.5. The van der Waals surface area contributed by atoms with E-state index in [2.05, 4.69) is 4.99 Å². The average Bonchev–Trinajstić information content (AvgIpc) is 2.81. The number of aryl methyl sites for hydroxylation is 2. The highest BCUT2D eigenvalue weighted by atomic mass is 32.2. The second kappa shape index (κ2) is 6.53. The Balaban J connectivity index is 1.98. The number of rotatable bonds is 2. The molecule has 1 heterocycles. The number of carbonyl (C=O) groups is 1. The van der Waals surface area contributed by atoms with Gasteiger partial charge in [0.15, 0.2) is 5.17 Å². The van der Waals surface area contributed by atoms with Crippen molar-refractivity contribution < 1.29 is 9.90 Å². The number of amides is 1. The van der Waals surface area contributed by atoms with Crippen molar-refractivity contribution in [3.05, 3.63) is 64.1 Å². The van der Waals surface area contributed by atoms with Crippen molar-refractivity contribution in [1.29, 1.82) is 0 Å². The summed E-state index contributed by atoms with van der Waals surface area (Å²) in [6, 6.07) is 13.0. The lowest BCUT2D eigenvalue weighted by Crippen LogP contribution is -2.23. The molecule has 1 fully saturated rings. The number of carbonyl (C=O) groups excluding carboxylic acids is 1. The standard InChI is InChI=1S/C19H18N2O2S/c1-12-7-6-8-13(2)17(12)20-19-21(3)18(23)16(24-19)11-14-9-4-5-10-15(14)22/h4-11,22H,1-3H3/b16-11-,20-19?. The molecule has 122 valence electrons. The van der Waals surface area contributed by atoms with Crippen LogP contribution < -0.4 is 0 Å². The number of amidine groups is 1. The zero-order chi connectivity index (χ0) is 17.3. The van der Waals surface area contributed by atoms with Crippen LogP contribution in [-0.4, -0.2) is 28.1 Å². The first kappa shape index (κ1) is 16.3. The van der Waals surface area contributed by atoms with E-state index in [9.17, 15) is 9.90 Å². The van der Waals surface area contributed by atoms with Crippen LogP contribution in [0, 0.1) is 13.8 Å². The quantitative estimate of drug-likeness (QED) is 0.833. The fourth-order valence-electron chi connectivity index (χ4n) is 2.48. The lowest BCUT2D eigenvalue weighted by Gasteiger charge is -2.09. The molecule has 0 aromatic heterocycles. The van der Waals surface area contributed by atoms with Crippen LogP contribution in [0.4, 0.5) is 5.69 Å². The van der Waals surface area contributed by atoms with E-state index in [1.165, 1.54) is 11.8 Å². The molecule has 1 aliphatic heterocycles. The molecule has 2 aromatic rings. The van der Waals surface area contributed by atoms with E-state index in [0.29, 0.717) is 15.6 Å². The van der Waals surface area contributed by atoms with Crippen LogP contribution in [-0.2, 0) is 4.79 Å². The van der Waals surface area contributed by atoms with Gasteiger partial charge in [-0.05, 0) is 48.9 Å². The first-order valence-electron chi connectivity index (χ1n) is 7.58. The molecule has 0 bridgehead atoms. The molecule has 0 radical (unpaired) electrons. The summed E-state index contributed by atoms with van der Waals surface area (Å²) in [4.78, 5) is 19.2. The van der Waals surface area contributed by atoms with Gasteiger partial charge in [0.05, 0.1) is 10.6 Å². The molecule has 0 saturated carbocycles. The number of aromatic hydroxyl groups is 1. The number of thioether (sulfide) groups is 1. The summed E-state index contributed by atoms with van der Waals surface area (Å²) in [5.41, 5.74) is 3.66. The van der Waals surface area contributed by atoms with Crippen molar-refractivity contribution in [2.75, 3.05) is 7.05 Å². The van der Waals surface area contributed by atoms with Crippen molar-refractivity contribution in [1.82, 2.24) is 4.90 Å². The van der Waals surface area contributed by atoms with Crippen LogP contribution in [0.1, 0.15) is 16.7 Å². The van der Waals surface area contributed by atoms with Crippen LogP contribution in [0.2, 0.25) is 0 Å². The Morgan fingerprint density at radius 2 is 1.75 bits per heavy atom. The first-order valence-corrected chi connectivity index (χ1v) is 8.39. The molecule has 24 heavy (non-hydrogen) atoms. The van der Waals surface area contributed by atoms with Crippen molar-refractivity contribution in [3.8, 4) is 5.75 Å². The van der Waals surface area contributed by atoms with Gasteiger partial charge in [-0.2, -0.15) is 0 Å². The molecule has 0 aliphatic carbocycles. The molecule has 1 N–H and O–H groups in total. The lowest BCUT2D eigenvalue weighted by molar-refractivity contribution is -0.121. The maximum Gasteiger partial charge on any atom is 0.266 e. The SMILES string of the molecule is Cc1cccc(C)c1N=C1S/C(=C\c2ccccc2O)C(=O)N1C. The number of para-hydroxylation sites is 2. The molecular weight excluding hydrogens is 320 g/mol. The van der Waals surface area contributed by atoms with E-state index in [1.54, 1.807) is 36.2 Å². The van der Waals surface area contributed by atoms with Crippen molar-refractivity contribution in [2.24, 2.45) is 4.99 Å². The minimum Gasteiger partial charge on any atom is -0.507 e. The number of nitrogens with zero attached hydrogens (tertiary/aromatic N) is 2. The molecule has 5 heteroatoms. The largest absolute Gasteiger partial charge is 0.507 e. The Morgan fingerprint density at radius 1 is 1.08 bits per heavy atom. The molecule has 0 spiro atoms. The number of likely N-dealkylation sites (N-methyl/N-ethyl adjacent to an activating group) is 1. The topological polar surface area (TPSA) is 52.9 Å². The molecule has 1 aliphatic rings. The Hall–Kier alpha value is -2.53. The van der Waals surface area contributed by atoms with E-state index in [1.807, 2.05) is 38.1 Å². The third-order valence-corrected chi connectivity index (χ3v) is 4.93. The van der Waals surface area contributed by atoms with Crippen LogP contribution in [0.25, 0.3) is 6.08 Å². The number of hydrogen-bond donors (Lipinski definition) is 1.